The fourth-order valence-electron chi connectivity index (χ4n) is 3.27. The number of ether oxygens (including phenoxy) is 2. The molecule has 24 heavy (non-hydrogen) atoms. The predicted molar refractivity (Wildman–Crippen MR) is 91.2 cm³/mol. The zero-order valence-corrected chi connectivity index (χ0v) is 14.4. The van der Waals surface area contributed by atoms with Crippen molar-refractivity contribution < 1.29 is 14.3 Å². The smallest absolute Gasteiger partial charge is 0.229 e. The first-order chi connectivity index (χ1) is 11.7. The molecule has 2 aromatic rings. The van der Waals surface area contributed by atoms with Crippen molar-refractivity contribution in [3.8, 4) is 5.75 Å². The lowest BCUT2D eigenvalue weighted by atomic mass is 9.91. The van der Waals surface area contributed by atoms with Gasteiger partial charge in [-0.3, -0.25) is 4.79 Å². The van der Waals surface area contributed by atoms with Gasteiger partial charge < -0.3 is 14.4 Å². The van der Waals surface area contributed by atoms with Gasteiger partial charge in [-0.2, -0.15) is 0 Å². The molecule has 2 aliphatic heterocycles. The van der Waals surface area contributed by atoms with Gasteiger partial charge in [-0.15, -0.1) is 11.3 Å². The lowest BCUT2D eigenvalue weighted by Crippen LogP contribution is -2.65. The average Bonchev–Trinajstić information content (AvgIpc) is 3.02. The fourth-order valence-corrected chi connectivity index (χ4v) is 3.97. The first kappa shape index (κ1) is 15.6. The molecule has 1 amide bonds. The summed E-state index contributed by atoms with van der Waals surface area (Å²) in [6, 6.07) is 8.51. The van der Waals surface area contributed by atoms with Crippen LogP contribution in [-0.4, -0.2) is 41.1 Å². The molecular formula is C18H20N2O3S. The van der Waals surface area contributed by atoms with Gasteiger partial charge in [-0.1, -0.05) is 17.7 Å². The van der Waals surface area contributed by atoms with E-state index >= 15 is 0 Å². The summed E-state index contributed by atoms with van der Waals surface area (Å²) in [6.45, 7) is 3.83. The molecule has 0 aliphatic carbocycles. The molecule has 2 bridgehead atoms. The van der Waals surface area contributed by atoms with Crippen molar-refractivity contribution in [3.63, 3.8) is 0 Å². The van der Waals surface area contributed by atoms with Crippen LogP contribution in [0, 0.1) is 6.92 Å². The molecule has 1 aromatic carbocycles. The molecule has 0 N–H and O–H groups in total. The number of rotatable bonds is 5. The van der Waals surface area contributed by atoms with Gasteiger partial charge in [0.2, 0.25) is 5.91 Å². The Labute approximate surface area is 145 Å². The molecule has 0 radical (unpaired) electrons. The third-order valence-corrected chi connectivity index (χ3v) is 5.43. The average molecular weight is 344 g/mol. The monoisotopic (exact) mass is 344 g/mol. The van der Waals surface area contributed by atoms with Crippen LogP contribution in [0.25, 0.3) is 0 Å². The van der Waals surface area contributed by atoms with Gasteiger partial charge >= 0.3 is 0 Å². The molecule has 126 valence electrons. The number of hydrogen-bond donors (Lipinski definition) is 0. The highest BCUT2D eigenvalue weighted by Crippen LogP contribution is 2.31. The maximum Gasteiger partial charge on any atom is 0.229 e. The number of carbonyl (C=O) groups excluding carboxylic acids is 1. The van der Waals surface area contributed by atoms with Crippen LogP contribution in [0.4, 0.5) is 0 Å². The molecule has 5 nitrogen and oxygen atoms in total. The minimum Gasteiger partial charge on any atom is -0.486 e. The maximum atomic E-state index is 12.4. The van der Waals surface area contributed by atoms with Gasteiger partial charge in [0, 0.05) is 5.38 Å². The Morgan fingerprint density at radius 3 is 2.79 bits per heavy atom. The lowest BCUT2D eigenvalue weighted by molar-refractivity contribution is -0.166. The Kier molecular flexibility index (Phi) is 4.24. The Balaban J connectivity index is 1.31. The Hall–Kier alpha value is -1.92. The van der Waals surface area contributed by atoms with E-state index in [2.05, 4.69) is 4.98 Å². The second-order valence-electron chi connectivity index (χ2n) is 6.39. The summed E-state index contributed by atoms with van der Waals surface area (Å²) in [5, 5.41) is 2.85. The van der Waals surface area contributed by atoms with Crippen LogP contribution < -0.4 is 4.74 Å². The largest absolute Gasteiger partial charge is 0.486 e. The van der Waals surface area contributed by atoms with E-state index in [0.29, 0.717) is 26.2 Å². The fraction of sp³-hybridized carbons (Fsp3) is 0.444. The Morgan fingerprint density at radius 2 is 2.08 bits per heavy atom. The molecule has 2 fully saturated rings. The summed E-state index contributed by atoms with van der Waals surface area (Å²) < 4.78 is 11.2. The molecule has 1 aromatic heterocycles. The van der Waals surface area contributed by atoms with E-state index in [1.165, 1.54) is 5.56 Å². The molecular weight excluding hydrogens is 324 g/mol. The molecule has 2 saturated heterocycles. The minimum absolute atomic E-state index is 0.163. The first-order valence-corrected chi connectivity index (χ1v) is 9.08. The topological polar surface area (TPSA) is 51.7 Å². The van der Waals surface area contributed by atoms with Crippen molar-refractivity contribution >= 4 is 17.2 Å². The number of hydrogen-bond acceptors (Lipinski definition) is 5. The van der Waals surface area contributed by atoms with Crippen LogP contribution in [0.5, 0.6) is 5.75 Å². The summed E-state index contributed by atoms with van der Waals surface area (Å²) in [5.41, 5.74) is 2.04. The number of nitrogens with zero attached hydrogens (tertiary/aromatic N) is 2. The number of aromatic nitrogens is 1. The van der Waals surface area contributed by atoms with Crippen molar-refractivity contribution in [2.24, 2.45) is 0 Å². The van der Waals surface area contributed by atoms with Gasteiger partial charge in [-0.25, -0.2) is 4.98 Å². The zero-order chi connectivity index (χ0) is 16.5. The van der Waals surface area contributed by atoms with Gasteiger partial charge in [-0.05, 0) is 25.5 Å². The predicted octanol–water partition coefficient (Wildman–Crippen LogP) is 2.57. The van der Waals surface area contributed by atoms with E-state index in [0.717, 1.165) is 22.9 Å². The van der Waals surface area contributed by atoms with Crippen LogP contribution in [0.15, 0.2) is 29.6 Å². The quantitative estimate of drug-likeness (QED) is 0.836. The minimum atomic E-state index is 0.163. The number of benzene rings is 1. The van der Waals surface area contributed by atoms with Crippen molar-refractivity contribution in [2.75, 3.05) is 13.2 Å². The van der Waals surface area contributed by atoms with Gasteiger partial charge in [0.25, 0.3) is 0 Å². The van der Waals surface area contributed by atoms with Crippen LogP contribution >= 0.6 is 11.3 Å². The van der Waals surface area contributed by atoms with E-state index in [4.69, 9.17) is 9.47 Å². The Morgan fingerprint density at radius 1 is 1.33 bits per heavy atom. The lowest BCUT2D eigenvalue weighted by Gasteiger charge is -2.52. The number of morpholine rings is 1. The number of aryl methyl sites for hydroxylation is 1. The van der Waals surface area contributed by atoms with Crippen molar-refractivity contribution in [1.29, 1.82) is 0 Å². The van der Waals surface area contributed by atoms with Crippen molar-refractivity contribution in [3.05, 3.63) is 45.9 Å². The van der Waals surface area contributed by atoms with Crippen LogP contribution in [0.3, 0.4) is 0 Å². The summed E-state index contributed by atoms with van der Waals surface area (Å²) in [4.78, 5) is 18.9. The third kappa shape index (κ3) is 3.16. The summed E-state index contributed by atoms with van der Waals surface area (Å²) >= 11 is 1.54. The van der Waals surface area contributed by atoms with Crippen LogP contribution in [0.2, 0.25) is 0 Å². The van der Waals surface area contributed by atoms with Gasteiger partial charge in [0.05, 0.1) is 37.4 Å². The number of thiazole rings is 1. The normalized spacial score (nSPS) is 22.1. The van der Waals surface area contributed by atoms with E-state index in [-0.39, 0.29) is 18.0 Å². The van der Waals surface area contributed by atoms with Gasteiger partial charge in [0.15, 0.2) is 0 Å². The Bertz CT molecular complexity index is 714. The second-order valence-corrected chi connectivity index (χ2v) is 7.34. The summed E-state index contributed by atoms with van der Waals surface area (Å²) in [5.74, 6) is 0.998. The highest BCUT2D eigenvalue weighted by molar-refractivity contribution is 7.09. The van der Waals surface area contributed by atoms with E-state index < -0.39 is 0 Å². The maximum absolute atomic E-state index is 12.4. The number of fused-ring (bicyclic) bond motifs is 2. The summed E-state index contributed by atoms with van der Waals surface area (Å²) in [7, 11) is 0. The van der Waals surface area contributed by atoms with Crippen molar-refractivity contribution in [2.45, 2.75) is 38.5 Å². The highest BCUT2D eigenvalue weighted by atomic mass is 32.1. The number of amides is 1. The van der Waals surface area contributed by atoms with Crippen LogP contribution in [-0.2, 0) is 22.6 Å². The zero-order valence-electron chi connectivity index (χ0n) is 13.6. The van der Waals surface area contributed by atoms with E-state index in [1.807, 2.05) is 41.5 Å². The SMILES string of the molecule is Cc1ccc(OCc2nc(CC(=O)N3C4COCC3C4)cs2)cc1. The number of carbonyl (C=O) groups is 1. The van der Waals surface area contributed by atoms with E-state index in [9.17, 15) is 4.79 Å². The second kappa shape index (κ2) is 6.53. The standard InChI is InChI=1S/C18H20N2O3S/c1-12-2-4-16(5-3-12)23-10-17-19-13(11-24-17)6-18(21)20-14-7-15(20)9-22-8-14/h2-5,11,14-15H,6-10H2,1H3. The van der Waals surface area contributed by atoms with Crippen molar-refractivity contribution in [1.82, 2.24) is 9.88 Å². The molecule has 0 spiro atoms. The molecule has 6 heteroatoms. The molecule has 2 atom stereocenters. The highest BCUT2D eigenvalue weighted by Gasteiger charge is 2.44. The van der Waals surface area contributed by atoms with E-state index in [1.54, 1.807) is 11.3 Å². The third-order valence-electron chi connectivity index (χ3n) is 4.55. The summed E-state index contributed by atoms with van der Waals surface area (Å²) in [6.07, 6.45) is 1.45. The molecule has 4 rings (SSSR count). The molecule has 2 aliphatic rings. The van der Waals surface area contributed by atoms with Gasteiger partial charge in [0.1, 0.15) is 17.4 Å². The molecule has 0 saturated carbocycles. The van der Waals surface area contributed by atoms with Crippen LogP contribution in [0.1, 0.15) is 22.7 Å². The molecule has 3 heterocycles. The molecule has 2 unspecified atom stereocenters. The first-order valence-electron chi connectivity index (χ1n) is 8.21.